The first-order chi connectivity index (χ1) is 10.3. The summed E-state index contributed by atoms with van der Waals surface area (Å²) in [5, 5.41) is 6.90. The fourth-order valence-corrected chi connectivity index (χ4v) is 2.11. The van der Waals surface area contributed by atoms with Gasteiger partial charge in [0.1, 0.15) is 17.2 Å². The molecule has 4 heteroatoms. The molecule has 0 aliphatic rings. The molecule has 0 bridgehead atoms. The van der Waals surface area contributed by atoms with Crippen LogP contribution >= 0.6 is 0 Å². The number of H-pyrrole nitrogens is 1. The van der Waals surface area contributed by atoms with Crippen molar-refractivity contribution in [3.8, 4) is 22.8 Å². The predicted molar refractivity (Wildman–Crippen MR) is 80.7 cm³/mol. The maximum Gasteiger partial charge on any atom is 0.168 e. The van der Waals surface area contributed by atoms with Crippen LogP contribution in [0.4, 0.5) is 0 Å². The number of para-hydroxylation sites is 1. The van der Waals surface area contributed by atoms with Gasteiger partial charge in [0.25, 0.3) is 0 Å². The molecule has 1 N–H and O–H groups in total. The number of carbonyl (C=O) groups is 1. The Kier molecular flexibility index (Phi) is 3.51. The molecule has 0 amide bonds. The first-order valence-electron chi connectivity index (χ1n) is 6.61. The van der Waals surface area contributed by atoms with Crippen LogP contribution in [-0.4, -0.2) is 16.5 Å². The second kappa shape index (κ2) is 5.63. The van der Waals surface area contributed by atoms with Crippen molar-refractivity contribution in [1.82, 2.24) is 10.2 Å². The molecule has 0 saturated carbocycles. The molecule has 0 radical (unpaired) electrons. The van der Waals surface area contributed by atoms with Gasteiger partial charge in [-0.15, -0.1) is 0 Å². The van der Waals surface area contributed by atoms with Crippen LogP contribution in [-0.2, 0) is 0 Å². The summed E-state index contributed by atoms with van der Waals surface area (Å²) < 4.78 is 5.74. The lowest BCUT2D eigenvalue weighted by molar-refractivity contribution is 0.111. The van der Waals surface area contributed by atoms with Crippen LogP contribution in [0.2, 0.25) is 0 Å². The van der Waals surface area contributed by atoms with E-state index in [9.17, 15) is 4.79 Å². The molecular weight excluding hydrogens is 264 g/mol. The third kappa shape index (κ3) is 2.69. The summed E-state index contributed by atoms with van der Waals surface area (Å²) in [4.78, 5) is 10.8. The normalized spacial score (nSPS) is 10.3. The molecule has 0 unspecified atom stereocenters. The van der Waals surface area contributed by atoms with Crippen LogP contribution in [0.5, 0.6) is 11.5 Å². The Balaban J connectivity index is 1.84. The van der Waals surface area contributed by atoms with E-state index in [1.54, 1.807) is 0 Å². The van der Waals surface area contributed by atoms with Crippen molar-refractivity contribution >= 4 is 6.29 Å². The van der Waals surface area contributed by atoms with Crippen molar-refractivity contribution in [3.63, 3.8) is 0 Å². The number of aldehydes is 1. The molecule has 2 aromatic carbocycles. The lowest BCUT2D eigenvalue weighted by atomic mass is 10.1. The molecular formula is C17H14N2O2. The molecule has 0 aliphatic carbocycles. The summed E-state index contributed by atoms with van der Waals surface area (Å²) in [6, 6.07) is 17.2. The Bertz CT molecular complexity index is 746. The molecule has 104 valence electrons. The van der Waals surface area contributed by atoms with Crippen LogP contribution in [0.3, 0.4) is 0 Å². The van der Waals surface area contributed by atoms with Crippen molar-refractivity contribution < 1.29 is 9.53 Å². The lowest BCUT2D eigenvalue weighted by Gasteiger charge is -2.06. The summed E-state index contributed by atoms with van der Waals surface area (Å²) in [7, 11) is 0. The summed E-state index contributed by atoms with van der Waals surface area (Å²) >= 11 is 0. The van der Waals surface area contributed by atoms with Gasteiger partial charge < -0.3 is 4.74 Å². The van der Waals surface area contributed by atoms with E-state index in [1.807, 2.05) is 61.5 Å². The zero-order valence-corrected chi connectivity index (χ0v) is 11.5. The number of aromatic amines is 1. The number of carbonyl (C=O) groups excluding carboxylic acids is 1. The molecule has 1 heterocycles. The smallest absolute Gasteiger partial charge is 0.168 e. The number of hydrogen-bond acceptors (Lipinski definition) is 3. The van der Waals surface area contributed by atoms with Crippen LogP contribution in [0.1, 0.15) is 16.1 Å². The topological polar surface area (TPSA) is 55.0 Å². The Hall–Kier alpha value is -2.88. The van der Waals surface area contributed by atoms with Gasteiger partial charge in [-0.1, -0.05) is 18.2 Å². The van der Waals surface area contributed by atoms with E-state index in [0.717, 1.165) is 34.6 Å². The fraction of sp³-hybridized carbons (Fsp3) is 0.0588. The van der Waals surface area contributed by atoms with Crippen LogP contribution in [0.15, 0.2) is 54.6 Å². The molecule has 3 rings (SSSR count). The van der Waals surface area contributed by atoms with Crippen molar-refractivity contribution in [2.75, 3.05) is 0 Å². The molecule has 4 nitrogen and oxygen atoms in total. The Labute approximate surface area is 122 Å². The van der Waals surface area contributed by atoms with Crippen molar-refractivity contribution in [3.05, 3.63) is 65.9 Å². The standard InChI is InChI=1S/C17H14N2O2/c1-12-16(11-20)18-19-17(12)13-7-9-15(10-8-13)21-14-5-3-2-4-6-14/h2-11H,1H3,(H,18,19). The van der Waals surface area contributed by atoms with Gasteiger partial charge in [-0.25, -0.2) is 0 Å². The monoisotopic (exact) mass is 278 g/mol. The third-order valence-electron chi connectivity index (χ3n) is 3.27. The Morgan fingerprint density at radius 2 is 1.67 bits per heavy atom. The largest absolute Gasteiger partial charge is 0.457 e. The molecule has 1 aromatic heterocycles. The van der Waals surface area contributed by atoms with Gasteiger partial charge >= 0.3 is 0 Å². The number of hydrogen-bond donors (Lipinski definition) is 1. The molecule has 21 heavy (non-hydrogen) atoms. The van der Waals surface area contributed by atoms with Gasteiger partial charge in [-0.2, -0.15) is 5.10 Å². The molecule has 0 spiro atoms. The molecule has 0 aliphatic heterocycles. The highest BCUT2D eigenvalue weighted by molar-refractivity contribution is 5.79. The predicted octanol–water partition coefficient (Wildman–Crippen LogP) is 3.99. The molecule has 0 fully saturated rings. The first kappa shape index (κ1) is 13.1. The number of rotatable bonds is 4. The average Bonchev–Trinajstić information content (AvgIpc) is 2.90. The maximum absolute atomic E-state index is 10.8. The minimum atomic E-state index is 0.509. The van der Waals surface area contributed by atoms with Crippen molar-refractivity contribution in [1.29, 1.82) is 0 Å². The van der Waals surface area contributed by atoms with Gasteiger partial charge in [-0.05, 0) is 43.3 Å². The third-order valence-corrected chi connectivity index (χ3v) is 3.27. The fourth-order valence-electron chi connectivity index (χ4n) is 2.11. The number of nitrogens with zero attached hydrogens (tertiary/aromatic N) is 1. The molecule has 0 saturated heterocycles. The Morgan fingerprint density at radius 1 is 1.00 bits per heavy atom. The van der Waals surface area contributed by atoms with Crippen molar-refractivity contribution in [2.45, 2.75) is 6.92 Å². The second-order valence-corrected chi connectivity index (χ2v) is 4.67. The highest BCUT2D eigenvalue weighted by atomic mass is 16.5. The molecule has 3 aromatic rings. The van der Waals surface area contributed by atoms with Gasteiger partial charge in [0, 0.05) is 11.1 Å². The quantitative estimate of drug-likeness (QED) is 0.734. The first-order valence-corrected chi connectivity index (χ1v) is 6.61. The van der Waals surface area contributed by atoms with Crippen molar-refractivity contribution in [2.24, 2.45) is 0 Å². The van der Waals surface area contributed by atoms with E-state index in [4.69, 9.17) is 4.74 Å². The van der Waals surface area contributed by atoms with Gasteiger partial charge in [0.15, 0.2) is 6.29 Å². The number of benzene rings is 2. The highest BCUT2D eigenvalue weighted by Gasteiger charge is 2.10. The van der Waals surface area contributed by atoms with E-state index in [0.29, 0.717) is 5.69 Å². The van der Waals surface area contributed by atoms with E-state index >= 15 is 0 Å². The molecule has 0 atom stereocenters. The maximum atomic E-state index is 10.8. The van der Waals surface area contributed by atoms with E-state index in [1.165, 1.54) is 0 Å². The minimum Gasteiger partial charge on any atom is -0.457 e. The number of nitrogens with one attached hydrogen (secondary N) is 1. The van der Waals surface area contributed by atoms with Gasteiger partial charge in [0.2, 0.25) is 0 Å². The zero-order chi connectivity index (χ0) is 14.7. The lowest BCUT2D eigenvalue weighted by Crippen LogP contribution is -1.86. The zero-order valence-electron chi connectivity index (χ0n) is 11.5. The summed E-state index contributed by atoms with van der Waals surface area (Å²) in [5.74, 6) is 1.55. The van der Waals surface area contributed by atoms with E-state index in [-0.39, 0.29) is 0 Å². The summed E-state index contributed by atoms with van der Waals surface area (Å²) in [6.07, 6.45) is 0.777. The Morgan fingerprint density at radius 3 is 2.29 bits per heavy atom. The van der Waals surface area contributed by atoms with Gasteiger partial charge in [-0.3, -0.25) is 9.89 Å². The summed E-state index contributed by atoms with van der Waals surface area (Å²) in [5.41, 5.74) is 3.08. The van der Waals surface area contributed by atoms with E-state index in [2.05, 4.69) is 10.2 Å². The average molecular weight is 278 g/mol. The number of ether oxygens (including phenoxy) is 1. The van der Waals surface area contributed by atoms with E-state index < -0.39 is 0 Å². The van der Waals surface area contributed by atoms with Gasteiger partial charge in [0.05, 0.1) is 5.69 Å². The van der Waals surface area contributed by atoms with Crippen LogP contribution < -0.4 is 4.74 Å². The highest BCUT2D eigenvalue weighted by Crippen LogP contribution is 2.27. The number of aromatic nitrogens is 2. The minimum absolute atomic E-state index is 0.509. The SMILES string of the molecule is Cc1c(-c2ccc(Oc3ccccc3)cc2)n[nH]c1C=O. The second-order valence-electron chi connectivity index (χ2n) is 4.67. The van der Waals surface area contributed by atoms with Crippen LogP contribution in [0, 0.1) is 6.92 Å². The summed E-state index contributed by atoms with van der Waals surface area (Å²) in [6.45, 7) is 1.87. The van der Waals surface area contributed by atoms with Crippen LogP contribution in [0.25, 0.3) is 11.3 Å².